The van der Waals surface area contributed by atoms with Gasteiger partial charge in [0.1, 0.15) is 16.5 Å². The number of carbonyl (C=O) groups is 1. The van der Waals surface area contributed by atoms with Crippen LogP contribution in [-0.2, 0) is 14.9 Å². The molecule has 0 saturated carbocycles. The summed E-state index contributed by atoms with van der Waals surface area (Å²) in [6.07, 6.45) is 1.23. The minimum Gasteiger partial charge on any atom is -0.376 e. The number of anilines is 1. The lowest BCUT2D eigenvalue weighted by atomic mass is 10.1. The molecule has 6 nitrogen and oxygen atoms in total. The quantitative estimate of drug-likeness (QED) is 0.202. The molecule has 3 aromatic rings. The van der Waals surface area contributed by atoms with Crippen LogP contribution in [0.5, 0.6) is 5.75 Å². The van der Waals surface area contributed by atoms with Crippen molar-refractivity contribution >= 4 is 74.2 Å². The van der Waals surface area contributed by atoms with Crippen molar-refractivity contribution in [2.24, 2.45) is 0 Å². The summed E-state index contributed by atoms with van der Waals surface area (Å²) in [5.74, 6) is -1.03. The minimum atomic E-state index is -4.20. The summed E-state index contributed by atoms with van der Waals surface area (Å²) in [6, 6.07) is 14.9. The maximum atomic E-state index is 12.6. The molecule has 11 heteroatoms. The van der Waals surface area contributed by atoms with E-state index in [2.05, 4.69) is 5.32 Å². The fourth-order valence-electron chi connectivity index (χ4n) is 2.70. The molecule has 34 heavy (non-hydrogen) atoms. The maximum absolute atomic E-state index is 12.6. The van der Waals surface area contributed by atoms with E-state index in [0.717, 1.165) is 5.56 Å². The number of carbonyl (C=O) groups excluding carboxylic acids is 1. The fourth-order valence-corrected chi connectivity index (χ4v) is 4.68. The van der Waals surface area contributed by atoms with Crippen molar-refractivity contribution < 1.29 is 17.4 Å². The lowest BCUT2D eigenvalue weighted by Crippen LogP contribution is -2.13. The van der Waals surface area contributed by atoms with Crippen LogP contribution < -0.4 is 9.50 Å². The zero-order valence-corrected chi connectivity index (χ0v) is 21.1. The normalized spacial score (nSPS) is 11.6. The molecule has 0 fully saturated rings. The first-order chi connectivity index (χ1) is 16.0. The molecule has 0 heterocycles. The summed E-state index contributed by atoms with van der Waals surface area (Å²) in [5, 5.41) is 12.3. The van der Waals surface area contributed by atoms with E-state index in [-0.39, 0.29) is 42.5 Å². The number of rotatable bonds is 6. The number of amides is 1. The zero-order valence-electron chi connectivity index (χ0n) is 17.3. The number of hydrogen-bond acceptors (Lipinski definition) is 5. The zero-order chi connectivity index (χ0) is 25.0. The molecule has 3 aromatic carbocycles. The fraction of sp³-hybridized carbons (Fsp3) is 0.0435. The first-order valence-corrected chi connectivity index (χ1v) is 12.3. The Hall–Kier alpha value is -2.73. The average molecular weight is 556 g/mol. The van der Waals surface area contributed by atoms with Crippen LogP contribution in [0.15, 0.2) is 65.1 Å². The molecule has 174 valence electrons. The molecule has 0 aliphatic rings. The van der Waals surface area contributed by atoms with Gasteiger partial charge in [0.25, 0.3) is 5.91 Å². The van der Waals surface area contributed by atoms with Gasteiger partial charge in [-0.15, -0.1) is 0 Å². The highest BCUT2D eigenvalue weighted by Gasteiger charge is 2.21. The Morgan fingerprint density at radius 1 is 0.971 bits per heavy atom. The third-order valence-electron chi connectivity index (χ3n) is 4.38. The Morgan fingerprint density at radius 2 is 1.59 bits per heavy atom. The Morgan fingerprint density at radius 3 is 2.18 bits per heavy atom. The molecule has 0 aliphatic heterocycles. The Kier molecular flexibility index (Phi) is 8.13. The summed E-state index contributed by atoms with van der Waals surface area (Å²) in [4.78, 5) is 12.5. The topological polar surface area (TPSA) is 96.3 Å². The molecular formula is C23H14Cl4N2O4S. The van der Waals surface area contributed by atoms with Crippen LogP contribution in [0.1, 0.15) is 11.1 Å². The van der Waals surface area contributed by atoms with Crippen LogP contribution in [0.3, 0.4) is 0 Å². The Labute approximate surface area is 216 Å². The van der Waals surface area contributed by atoms with E-state index < -0.39 is 16.0 Å². The van der Waals surface area contributed by atoms with Crippen LogP contribution in [0, 0.1) is 18.3 Å². The van der Waals surface area contributed by atoms with Crippen molar-refractivity contribution in [2.45, 2.75) is 11.8 Å². The van der Waals surface area contributed by atoms with Gasteiger partial charge >= 0.3 is 10.1 Å². The maximum Gasteiger partial charge on any atom is 0.339 e. The van der Waals surface area contributed by atoms with E-state index in [4.69, 9.17) is 50.6 Å². The number of nitriles is 1. The van der Waals surface area contributed by atoms with Gasteiger partial charge in [-0.1, -0.05) is 64.1 Å². The summed E-state index contributed by atoms with van der Waals surface area (Å²) < 4.78 is 30.3. The van der Waals surface area contributed by atoms with Gasteiger partial charge in [-0.05, 0) is 61.0 Å². The standard InChI is InChI=1S/C23H14Cl4N2O4S/c1-13-2-5-17(6-3-13)34(31,32)33-22-19(26)9-14(10-20(22)27)8-15(12-28)23(30)29-21-11-16(24)4-7-18(21)25/h2-11H,1H3,(H,29,30)/b15-8+. The van der Waals surface area contributed by atoms with E-state index in [9.17, 15) is 18.5 Å². The van der Waals surface area contributed by atoms with Crippen molar-refractivity contribution in [1.82, 2.24) is 0 Å². The SMILES string of the molecule is Cc1ccc(S(=O)(=O)Oc2c(Cl)cc(/C=C(\C#N)C(=O)Nc3cc(Cl)ccc3Cl)cc2Cl)cc1. The van der Waals surface area contributed by atoms with Crippen LogP contribution in [0.25, 0.3) is 6.08 Å². The van der Waals surface area contributed by atoms with Gasteiger partial charge in [0.2, 0.25) is 0 Å². The number of benzene rings is 3. The summed E-state index contributed by atoms with van der Waals surface area (Å²) in [7, 11) is -4.20. The third kappa shape index (κ3) is 6.23. The summed E-state index contributed by atoms with van der Waals surface area (Å²) >= 11 is 24.4. The lowest BCUT2D eigenvalue weighted by Gasteiger charge is -2.11. The second-order valence-corrected chi connectivity index (χ2v) is 10.1. The molecule has 1 amide bonds. The number of nitrogens with one attached hydrogen (secondary N) is 1. The van der Waals surface area contributed by atoms with Crippen molar-refractivity contribution in [3.05, 3.63) is 91.4 Å². The third-order valence-corrected chi connectivity index (χ3v) is 6.74. The molecule has 0 radical (unpaired) electrons. The van der Waals surface area contributed by atoms with E-state index in [0.29, 0.717) is 5.02 Å². The molecule has 0 aliphatic carbocycles. The lowest BCUT2D eigenvalue weighted by molar-refractivity contribution is -0.112. The van der Waals surface area contributed by atoms with E-state index in [1.807, 2.05) is 6.92 Å². The number of halogens is 4. The van der Waals surface area contributed by atoms with E-state index in [1.165, 1.54) is 42.5 Å². The second kappa shape index (κ2) is 10.7. The van der Waals surface area contributed by atoms with Crippen LogP contribution >= 0.6 is 46.4 Å². The van der Waals surface area contributed by atoms with Gasteiger partial charge < -0.3 is 9.50 Å². The molecule has 0 bridgehead atoms. The summed E-state index contributed by atoms with van der Waals surface area (Å²) in [6.45, 7) is 1.82. The van der Waals surface area contributed by atoms with Gasteiger partial charge in [0.15, 0.2) is 5.75 Å². The second-order valence-electron chi connectivity index (χ2n) is 6.91. The first kappa shape index (κ1) is 25.9. The Bertz CT molecular complexity index is 1420. The molecule has 0 aromatic heterocycles. The largest absolute Gasteiger partial charge is 0.376 e. The number of aryl methyl sites for hydroxylation is 1. The van der Waals surface area contributed by atoms with Crippen LogP contribution in [-0.4, -0.2) is 14.3 Å². The monoisotopic (exact) mass is 554 g/mol. The van der Waals surface area contributed by atoms with Crippen molar-refractivity contribution in [1.29, 1.82) is 5.26 Å². The highest BCUT2D eigenvalue weighted by Crippen LogP contribution is 2.37. The molecule has 3 rings (SSSR count). The minimum absolute atomic E-state index is 0.0719. The predicted molar refractivity (Wildman–Crippen MR) is 134 cm³/mol. The van der Waals surface area contributed by atoms with E-state index in [1.54, 1.807) is 24.3 Å². The molecule has 0 unspecified atom stereocenters. The van der Waals surface area contributed by atoms with Gasteiger partial charge in [-0.3, -0.25) is 4.79 Å². The van der Waals surface area contributed by atoms with E-state index >= 15 is 0 Å². The average Bonchev–Trinajstić information content (AvgIpc) is 2.77. The van der Waals surface area contributed by atoms with Crippen molar-refractivity contribution in [3.8, 4) is 11.8 Å². The highest BCUT2D eigenvalue weighted by atomic mass is 35.5. The van der Waals surface area contributed by atoms with Crippen LogP contribution in [0.2, 0.25) is 20.1 Å². The smallest absolute Gasteiger partial charge is 0.339 e. The summed E-state index contributed by atoms with van der Waals surface area (Å²) in [5.41, 5.74) is 1.07. The van der Waals surface area contributed by atoms with Gasteiger partial charge in [0, 0.05) is 5.02 Å². The molecule has 0 atom stereocenters. The number of hydrogen-bond donors (Lipinski definition) is 1. The van der Waals surface area contributed by atoms with Crippen molar-refractivity contribution in [3.63, 3.8) is 0 Å². The predicted octanol–water partition coefficient (Wildman–Crippen LogP) is 6.92. The molecular weight excluding hydrogens is 542 g/mol. The number of nitrogens with zero attached hydrogens (tertiary/aromatic N) is 1. The Balaban J connectivity index is 1.88. The molecule has 0 spiro atoms. The molecule has 1 N–H and O–H groups in total. The van der Waals surface area contributed by atoms with Gasteiger partial charge in [-0.25, -0.2) is 0 Å². The van der Waals surface area contributed by atoms with Crippen LogP contribution in [0.4, 0.5) is 5.69 Å². The van der Waals surface area contributed by atoms with Gasteiger partial charge in [-0.2, -0.15) is 13.7 Å². The first-order valence-electron chi connectivity index (χ1n) is 9.38. The molecule has 0 saturated heterocycles. The highest BCUT2D eigenvalue weighted by molar-refractivity contribution is 7.87. The van der Waals surface area contributed by atoms with Crippen molar-refractivity contribution in [2.75, 3.05) is 5.32 Å². The van der Waals surface area contributed by atoms with Gasteiger partial charge in [0.05, 0.1) is 20.8 Å².